The lowest BCUT2D eigenvalue weighted by Gasteiger charge is -2.15. The number of methoxy groups -OCH3 is 1. The van der Waals surface area contributed by atoms with Crippen molar-refractivity contribution >= 4 is 56.4 Å². The molecule has 0 aromatic heterocycles. The van der Waals surface area contributed by atoms with Crippen LogP contribution in [0.1, 0.15) is 11.1 Å². The molecule has 0 unspecified atom stereocenters. The third-order valence-electron chi connectivity index (χ3n) is 4.02. The highest BCUT2D eigenvalue weighted by Gasteiger charge is 2.12. The summed E-state index contributed by atoms with van der Waals surface area (Å²) in [5.74, 6) is 1.26. The second-order valence-corrected chi connectivity index (χ2v) is 8.12. The van der Waals surface area contributed by atoms with Gasteiger partial charge >= 0.3 is 0 Å². The highest BCUT2D eigenvalue weighted by Crippen LogP contribution is 2.35. The molecule has 0 bridgehead atoms. The van der Waals surface area contributed by atoms with E-state index in [0.717, 1.165) is 21.3 Å². The Bertz CT molecular complexity index is 962. The molecule has 0 saturated carbocycles. The Kier molecular flexibility index (Phi) is 7.36. The highest BCUT2D eigenvalue weighted by molar-refractivity contribution is 9.10. The summed E-state index contributed by atoms with van der Waals surface area (Å²) in [6.07, 6.45) is 0. The van der Waals surface area contributed by atoms with Gasteiger partial charge in [-0.3, -0.25) is 0 Å². The van der Waals surface area contributed by atoms with Gasteiger partial charge in [-0.05, 0) is 42.0 Å². The van der Waals surface area contributed by atoms with Crippen LogP contribution in [0.25, 0.3) is 0 Å². The Balaban J connectivity index is 1.74. The van der Waals surface area contributed by atoms with Crippen molar-refractivity contribution in [3.05, 3.63) is 85.3 Å². The minimum Gasteiger partial charge on any atom is -0.493 e. The lowest BCUT2D eigenvalue weighted by Crippen LogP contribution is -2.03. The number of hydrogen-bond acceptors (Lipinski definition) is 3. The minimum absolute atomic E-state index is 0.348. The van der Waals surface area contributed by atoms with Gasteiger partial charge in [-0.15, -0.1) is 0 Å². The fourth-order valence-corrected chi connectivity index (χ4v) is 3.79. The standard InChI is InChI=1S/C21H17BrCl3NO2/c1-27-20-6-14(11-26-17-8-15(23)7-16(24)9-17)18(22)10-21(20)28-12-13-4-2-3-5-19(13)25/h2-10,26H,11-12H2,1H3. The lowest BCUT2D eigenvalue weighted by molar-refractivity contribution is 0.284. The van der Waals surface area contributed by atoms with Crippen molar-refractivity contribution in [2.75, 3.05) is 12.4 Å². The van der Waals surface area contributed by atoms with Crippen molar-refractivity contribution < 1.29 is 9.47 Å². The van der Waals surface area contributed by atoms with Gasteiger partial charge in [0.25, 0.3) is 0 Å². The van der Waals surface area contributed by atoms with Gasteiger partial charge < -0.3 is 14.8 Å². The Morgan fingerprint density at radius 1 is 0.893 bits per heavy atom. The summed E-state index contributed by atoms with van der Waals surface area (Å²) in [4.78, 5) is 0. The van der Waals surface area contributed by atoms with Crippen LogP contribution in [-0.2, 0) is 13.2 Å². The number of hydrogen-bond donors (Lipinski definition) is 1. The minimum atomic E-state index is 0.348. The van der Waals surface area contributed by atoms with E-state index in [9.17, 15) is 0 Å². The van der Waals surface area contributed by atoms with Crippen molar-refractivity contribution in [1.82, 2.24) is 0 Å². The van der Waals surface area contributed by atoms with E-state index in [-0.39, 0.29) is 0 Å². The maximum atomic E-state index is 6.19. The molecule has 146 valence electrons. The monoisotopic (exact) mass is 499 g/mol. The largest absolute Gasteiger partial charge is 0.493 e. The van der Waals surface area contributed by atoms with E-state index in [1.54, 1.807) is 13.2 Å². The van der Waals surface area contributed by atoms with Crippen LogP contribution in [0.15, 0.2) is 59.1 Å². The van der Waals surface area contributed by atoms with Crippen LogP contribution in [-0.4, -0.2) is 7.11 Å². The number of halogens is 4. The molecule has 0 radical (unpaired) electrons. The third-order valence-corrected chi connectivity index (χ3v) is 5.56. The lowest BCUT2D eigenvalue weighted by atomic mass is 10.2. The second-order valence-electron chi connectivity index (χ2n) is 5.99. The maximum absolute atomic E-state index is 6.19. The van der Waals surface area contributed by atoms with Crippen LogP contribution in [0.2, 0.25) is 15.1 Å². The van der Waals surface area contributed by atoms with Crippen LogP contribution in [0.5, 0.6) is 11.5 Å². The molecule has 0 amide bonds. The molecule has 3 nitrogen and oxygen atoms in total. The zero-order valence-corrected chi connectivity index (χ0v) is 18.8. The number of rotatable bonds is 7. The average Bonchev–Trinajstić information content (AvgIpc) is 2.66. The van der Waals surface area contributed by atoms with Crippen molar-refractivity contribution in [1.29, 1.82) is 0 Å². The zero-order chi connectivity index (χ0) is 20.1. The highest BCUT2D eigenvalue weighted by atomic mass is 79.9. The number of benzene rings is 3. The molecule has 0 saturated heterocycles. The Hall–Kier alpha value is -1.59. The molecule has 0 fully saturated rings. The average molecular weight is 502 g/mol. The van der Waals surface area contributed by atoms with E-state index in [1.165, 1.54) is 0 Å². The molecule has 0 aliphatic rings. The zero-order valence-electron chi connectivity index (χ0n) is 14.9. The van der Waals surface area contributed by atoms with Gasteiger partial charge in [-0.25, -0.2) is 0 Å². The molecule has 0 aliphatic heterocycles. The fourth-order valence-electron chi connectivity index (χ4n) is 2.61. The number of nitrogens with one attached hydrogen (secondary N) is 1. The van der Waals surface area contributed by atoms with E-state index >= 15 is 0 Å². The van der Waals surface area contributed by atoms with Gasteiger partial charge in [-0.1, -0.05) is 68.9 Å². The summed E-state index contributed by atoms with van der Waals surface area (Å²) in [5, 5.41) is 5.13. The quantitative estimate of drug-likeness (QED) is 0.361. The van der Waals surface area contributed by atoms with Crippen LogP contribution in [0.3, 0.4) is 0 Å². The molecule has 0 spiro atoms. The van der Waals surface area contributed by atoms with Crippen LogP contribution >= 0.6 is 50.7 Å². The molecule has 3 aromatic rings. The Morgan fingerprint density at radius 3 is 2.29 bits per heavy atom. The first kappa shape index (κ1) is 21.1. The molecule has 3 rings (SSSR count). The van der Waals surface area contributed by atoms with Crippen molar-refractivity contribution in [3.63, 3.8) is 0 Å². The molecule has 1 N–H and O–H groups in total. The van der Waals surface area contributed by atoms with Gasteiger partial charge in [0.1, 0.15) is 6.61 Å². The van der Waals surface area contributed by atoms with Gasteiger partial charge in [0.15, 0.2) is 11.5 Å². The molecule has 3 aromatic carbocycles. The first-order valence-corrected chi connectivity index (χ1v) is 10.3. The summed E-state index contributed by atoms with van der Waals surface area (Å²) in [7, 11) is 1.61. The molecule has 0 aliphatic carbocycles. The van der Waals surface area contributed by atoms with Gasteiger partial charge in [-0.2, -0.15) is 0 Å². The van der Waals surface area contributed by atoms with Crippen molar-refractivity contribution in [2.24, 2.45) is 0 Å². The first-order chi connectivity index (χ1) is 13.5. The molecule has 0 atom stereocenters. The fraction of sp³-hybridized carbons (Fsp3) is 0.143. The SMILES string of the molecule is COc1cc(CNc2cc(Cl)cc(Cl)c2)c(Br)cc1OCc1ccccc1Cl. The first-order valence-electron chi connectivity index (χ1n) is 8.39. The summed E-state index contributed by atoms with van der Waals surface area (Å²) in [6, 6.07) is 16.7. The van der Waals surface area contributed by atoms with E-state index in [2.05, 4.69) is 21.2 Å². The predicted molar refractivity (Wildman–Crippen MR) is 120 cm³/mol. The summed E-state index contributed by atoms with van der Waals surface area (Å²) in [5.41, 5.74) is 2.74. The van der Waals surface area contributed by atoms with E-state index < -0.39 is 0 Å². The second kappa shape index (κ2) is 9.75. The summed E-state index contributed by atoms with van der Waals surface area (Å²) in [6.45, 7) is 0.902. The van der Waals surface area contributed by atoms with Crippen molar-refractivity contribution in [3.8, 4) is 11.5 Å². The summed E-state index contributed by atoms with van der Waals surface area (Å²) < 4.78 is 12.3. The smallest absolute Gasteiger partial charge is 0.162 e. The van der Waals surface area contributed by atoms with Crippen LogP contribution in [0, 0.1) is 0 Å². The van der Waals surface area contributed by atoms with E-state index in [4.69, 9.17) is 44.3 Å². The predicted octanol–water partition coefficient (Wildman–Crippen LogP) is 7.61. The van der Waals surface area contributed by atoms with E-state index in [0.29, 0.717) is 39.7 Å². The molecule has 7 heteroatoms. The maximum Gasteiger partial charge on any atom is 0.162 e. The van der Waals surface area contributed by atoms with Crippen LogP contribution in [0.4, 0.5) is 5.69 Å². The topological polar surface area (TPSA) is 30.5 Å². The Morgan fingerprint density at radius 2 is 1.61 bits per heavy atom. The van der Waals surface area contributed by atoms with E-state index in [1.807, 2.05) is 48.5 Å². The number of ether oxygens (including phenoxy) is 2. The molecular weight excluding hydrogens is 484 g/mol. The third kappa shape index (κ3) is 5.48. The molecule has 28 heavy (non-hydrogen) atoms. The molecule has 0 heterocycles. The normalized spacial score (nSPS) is 10.6. The summed E-state index contributed by atoms with van der Waals surface area (Å²) >= 11 is 21.9. The Labute approximate surface area is 187 Å². The van der Waals surface area contributed by atoms with Crippen LogP contribution < -0.4 is 14.8 Å². The van der Waals surface area contributed by atoms with Gasteiger partial charge in [0.05, 0.1) is 7.11 Å². The van der Waals surface area contributed by atoms with Crippen molar-refractivity contribution in [2.45, 2.75) is 13.2 Å². The molecular formula is C21H17BrCl3NO2. The number of anilines is 1. The van der Waals surface area contributed by atoms with Gasteiger partial charge in [0, 0.05) is 37.3 Å². The van der Waals surface area contributed by atoms with Gasteiger partial charge in [0.2, 0.25) is 0 Å².